The van der Waals surface area contributed by atoms with E-state index < -0.39 is 0 Å². The van der Waals surface area contributed by atoms with E-state index in [1.165, 1.54) is 13.2 Å². The van der Waals surface area contributed by atoms with Crippen LogP contribution in [0, 0.1) is 5.82 Å². The minimum atomic E-state index is -0.327. The first-order valence-corrected chi connectivity index (χ1v) is 8.65. The molecule has 0 aliphatic rings. The normalized spacial score (nSPS) is 10.4. The lowest BCUT2D eigenvalue weighted by atomic mass is 10.2. The molecule has 2 rings (SSSR count). The Morgan fingerprint density at radius 1 is 1.19 bits per heavy atom. The van der Waals surface area contributed by atoms with Crippen molar-refractivity contribution in [2.75, 3.05) is 33.5 Å². The number of aliphatic hydroxyl groups excluding tert-OH is 1. The number of aliphatic hydroxyl groups is 1. The van der Waals surface area contributed by atoms with E-state index in [0.29, 0.717) is 48.4 Å². The van der Waals surface area contributed by atoms with E-state index in [4.69, 9.17) is 30.9 Å². The molecule has 8 heteroatoms. The molecule has 0 aliphatic carbocycles. The third-order valence-corrected chi connectivity index (χ3v) is 3.89. The molecule has 0 aliphatic heterocycles. The molecule has 0 aromatic heterocycles. The predicted molar refractivity (Wildman–Crippen MR) is 106 cm³/mol. The van der Waals surface area contributed by atoms with Gasteiger partial charge in [-0.05, 0) is 23.8 Å². The molecule has 0 saturated carbocycles. The quantitative estimate of drug-likeness (QED) is 0.545. The Bertz CT molecular complexity index is 703. The molecular formula is C19H24Cl2FNO4. The molecule has 0 saturated heterocycles. The summed E-state index contributed by atoms with van der Waals surface area (Å²) in [4.78, 5) is 0. The van der Waals surface area contributed by atoms with Gasteiger partial charge in [-0.3, -0.25) is 0 Å². The average molecular weight is 420 g/mol. The highest BCUT2D eigenvalue weighted by Crippen LogP contribution is 2.37. The molecule has 0 amide bonds. The topological polar surface area (TPSA) is 60.0 Å². The fourth-order valence-electron chi connectivity index (χ4n) is 2.32. The maximum absolute atomic E-state index is 13.7. The van der Waals surface area contributed by atoms with Gasteiger partial charge in [0.25, 0.3) is 0 Å². The van der Waals surface area contributed by atoms with Crippen molar-refractivity contribution in [1.82, 2.24) is 5.32 Å². The van der Waals surface area contributed by atoms with Gasteiger partial charge in [-0.1, -0.05) is 29.8 Å². The number of nitrogens with one attached hydrogen (secondary N) is 1. The standard InChI is InChI=1S/C19H23ClFNO4.ClH/c1-24-18-11-14(12-22-6-8-25-9-7-23)10-16(20)19(18)26-13-15-4-2-3-5-17(15)21;/h2-5,10-11,22-23H,6-9,12-13H2,1H3;1H. The highest BCUT2D eigenvalue weighted by molar-refractivity contribution is 6.32. The van der Waals surface area contributed by atoms with Gasteiger partial charge < -0.3 is 24.6 Å². The van der Waals surface area contributed by atoms with Gasteiger partial charge in [0, 0.05) is 18.7 Å². The van der Waals surface area contributed by atoms with Crippen molar-refractivity contribution in [1.29, 1.82) is 0 Å². The number of halogens is 3. The maximum atomic E-state index is 13.7. The van der Waals surface area contributed by atoms with Crippen molar-refractivity contribution < 1.29 is 23.7 Å². The molecule has 0 unspecified atom stereocenters. The molecular weight excluding hydrogens is 396 g/mol. The van der Waals surface area contributed by atoms with Crippen LogP contribution < -0.4 is 14.8 Å². The summed E-state index contributed by atoms with van der Waals surface area (Å²) in [6.45, 7) is 2.13. The van der Waals surface area contributed by atoms with Crippen LogP contribution in [0.5, 0.6) is 11.5 Å². The molecule has 5 nitrogen and oxygen atoms in total. The van der Waals surface area contributed by atoms with E-state index in [0.717, 1.165) is 5.56 Å². The second-order valence-corrected chi connectivity index (χ2v) is 5.91. The van der Waals surface area contributed by atoms with E-state index in [1.807, 2.05) is 6.07 Å². The molecule has 0 heterocycles. The maximum Gasteiger partial charge on any atom is 0.180 e. The molecule has 0 atom stereocenters. The largest absolute Gasteiger partial charge is 0.493 e. The van der Waals surface area contributed by atoms with Gasteiger partial charge in [-0.15, -0.1) is 12.4 Å². The average Bonchev–Trinajstić information content (AvgIpc) is 2.64. The zero-order valence-corrected chi connectivity index (χ0v) is 16.6. The van der Waals surface area contributed by atoms with Crippen LogP contribution in [0.3, 0.4) is 0 Å². The van der Waals surface area contributed by atoms with Crippen LogP contribution in [0.4, 0.5) is 4.39 Å². The van der Waals surface area contributed by atoms with Crippen LogP contribution >= 0.6 is 24.0 Å². The molecule has 2 N–H and O–H groups in total. The summed E-state index contributed by atoms with van der Waals surface area (Å²) in [7, 11) is 1.53. The van der Waals surface area contributed by atoms with Gasteiger partial charge >= 0.3 is 0 Å². The number of methoxy groups -OCH3 is 1. The van der Waals surface area contributed by atoms with E-state index in [-0.39, 0.29) is 31.4 Å². The molecule has 0 bridgehead atoms. The zero-order valence-electron chi connectivity index (χ0n) is 15.0. The molecule has 150 valence electrons. The van der Waals surface area contributed by atoms with Crippen molar-refractivity contribution in [3.63, 3.8) is 0 Å². The Morgan fingerprint density at radius 3 is 2.67 bits per heavy atom. The molecule has 2 aromatic carbocycles. The molecule has 0 fully saturated rings. The van der Waals surface area contributed by atoms with Gasteiger partial charge in [-0.2, -0.15) is 0 Å². The van der Waals surface area contributed by atoms with Crippen molar-refractivity contribution in [2.45, 2.75) is 13.2 Å². The van der Waals surface area contributed by atoms with Crippen LogP contribution in [-0.4, -0.2) is 38.6 Å². The second kappa shape index (κ2) is 12.8. The summed E-state index contributed by atoms with van der Waals surface area (Å²) in [5.41, 5.74) is 1.37. The van der Waals surface area contributed by atoms with Gasteiger partial charge in [-0.25, -0.2) is 4.39 Å². The Morgan fingerprint density at radius 2 is 1.96 bits per heavy atom. The summed E-state index contributed by atoms with van der Waals surface area (Å²) in [5.74, 6) is 0.543. The first-order valence-electron chi connectivity index (χ1n) is 8.27. The summed E-state index contributed by atoms with van der Waals surface area (Å²) in [6.07, 6.45) is 0. The summed E-state index contributed by atoms with van der Waals surface area (Å²) < 4.78 is 29.9. The van der Waals surface area contributed by atoms with Crippen LogP contribution in [0.15, 0.2) is 36.4 Å². The van der Waals surface area contributed by atoms with E-state index in [2.05, 4.69) is 5.32 Å². The van der Waals surface area contributed by atoms with Crippen LogP contribution in [0.25, 0.3) is 0 Å². The van der Waals surface area contributed by atoms with Gasteiger partial charge in [0.1, 0.15) is 12.4 Å². The monoisotopic (exact) mass is 419 g/mol. The van der Waals surface area contributed by atoms with Crippen molar-refractivity contribution in [3.05, 3.63) is 58.4 Å². The first kappa shape index (κ1) is 23.5. The van der Waals surface area contributed by atoms with Gasteiger partial charge in [0.05, 0.1) is 32.0 Å². The van der Waals surface area contributed by atoms with E-state index in [1.54, 1.807) is 24.3 Å². The summed E-state index contributed by atoms with van der Waals surface area (Å²) in [6, 6.07) is 10.0. The fourth-order valence-corrected chi connectivity index (χ4v) is 2.61. The Labute approximate surface area is 169 Å². The zero-order chi connectivity index (χ0) is 18.8. The highest BCUT2D eigenvalue weighted by Gasteiger charge is 2.13. The number of hydrogen-bond acceptors (Lipinski definition) is 5. The lowest BCUT2D eigenvalue weighted by Gasteiger charge is -2.15. The predicted octanol–water partition coefficient (Wildman–Crippen LogP) is 3.59. The Balaban J connectivity index is 0.00000364. The smallest absolute Gasteiger partial charge is 0.180 e. The van der Waals surface area contributed by atoms with Crippen LogP contribution in [0.2, 0.25) is 5.02 Å². The second-order valence-electron chi connectivity index (χ2n) is 5.50. The third kappa shape index (κ3) is 7.52. The van der Waals surface area contributed by atoms with Crippen molar-refractivity contribution in [2.24, 2.45) is 0 Å². The third-order valence-electron chi connectivity index (χ3n) is 3.61. The number of ether oxygens (including phenoxy) is 3. The Hall–Kier alpha value is -1.57. The highest BCUT2D eigenvalue weighted by atomic mass is 35.5. The molecule has 0 radical (unpaired) electrons. The van der Waals surface area contributed by atoms with Gasteiger partial charge in [0.2, 0.25) is 0 Å². The van der Waals surface area contributed by atoms with E-state index in [9.17, 15) is 4.39 Å². The van der Waals surface area contributed by atoms with Crippen molar-refractivity contribution >= 4 is 24.0 Å². The fraction of sp³-hybridized carbons (Fsp3) is 0.368. The van der Waals surface area contributed by atoms with E-state index >= 15 is 0 Å². The summed E-state index contributed by atoms with van der Waals surface area (Å²) >= 11 is 6.32. The SMILES string of the molecule is COc1cc(CNCCOCCO)cc(Cl)c1OCc1ccccc1F.Cl. The first-order chi connectivity index (χ1) is 12.7. The van der Waals surface area contributed by atoms with Crippen LogP contribution in [0.1, 0.15) is 11.1 Å². The molecule has 27 heavy (non-hydrogen) atoms. The number of benzene rings is 2. The van der Waals surface area contributed by atoms with Crippen LogP contribution in [-0.2, 0) is 17.9 Å². The van der Waals surface area contributed by atoms with Crippen molar-refractivity contribution in [3.8, 4) is 11.5 Å². The Kier molecular flexibility index (Phi) is 11.1. The lowest BCUT2D eigenvalue weighted by Crippen LogP contribution is -2.20. The number of hydrogen-bond donors (Lipinski definition) is 2. The summed E-state index contributed by atoms with van der Waals surface area (Å²) in [5, 5.41) is 12.2. The minimum Gasteiger partial charge on any atom is -0.493 e. The number of rotatable bonds is 11. The minimum absolute atomic E-state index is 0. The molecule has 0 spiro atoms. The van der Waals surface area contributed by atoms with Gasteiger partial charge in [0.15, 0.2) is 11.5 Å². The lowest BCUT2D eigenvalue weighted by molar-refractivity contribution is 0.0938. The molecule has 2 aromatic rings.